The van der Waals surface area contributed by atoms with Gasteiger partial charge in [-0.2, -0.15) is 0 Å². The number of rotatable bonds is 6. The molecule has 25 heavy (non-hydrogen) atoms. The van der Waals surface area contributed by atoms with Crippen molar-refractivity contribution in [1.29, 1.82) is 0 Å². The largest absolute Gasteiger partial charge is 0.402 e. The summed E-state index contributed by atoms with van der Waals surface area (Å²) in [6.07, 6.45) is 2.82. The van der Waals surface area contributed by atoms with Gasteiger partial charge in [0.1, 0.15) is 0 Å². The van der Waals surface area contributed by atoms with E-state index in [9.17, 15) is 0 Å². The van der Waals surface area contributed by atoms with Gasteiger partial charge in [0, 0.05) is 27.7 Å². The van der Waals surface area contributed by atoms with Crippen LogP contribution in [-0.4, -0.2) is 0 Å². The van der Waals surface area contributed by atoms with Crippen molar-refractivity contribution >= 4 is 17.3 Å². The minimum atomic E-state index is 0.716. The van der Waals surface area contributed by atoms with Crippen LogP contribution in [0.2, 0.25) is 5.02 Å². The van der Waals surface area contributed by atoms with Crippen LogP contribution >= 0.6 is 11.6 Å². The lowest BCUT2D eigenvalue weighted by Gasteiger charge is -2.17. The third-order valence-electron chi connectivity index (χ3n) is 4.24. The van der Waals surface area contributed by atoms with Crippen molar-refractivity contribution in [2.24, 2.45) is 5.73 Å². The number of benzene rings is 2. The molecule has 2 nitrogen and oxygen atoms in total. The molecule has 130 valence electrons. The van der Waals surface area contributed by atoms with Gasteiger partial charge in [0.2, 0.25) is 0 Å². The molecule has 0 saturated carbocycles. The van der Waals surface area contributed by atoms with Crippen LogP contribution in [0, 0.1) is 6.92 Å². The topological polar surface area (TPSA) is 38.0 Å². The highest BCUT2D eigenvalue weighted by molar-refractivity contribution is 6.31. The molecule has 3 heteroatoms. The smallest absolute Gasteiger partial charge is 0.0441 e. The molecule has 0 unspecified atom stereocenters. The Balaban J connectivity index is 2.29. The second kappa shape index (κ2) is 8.59. The maximum atomic E-state index is 6.27. The zero-order valence-corrected chi connectivity index (χ0v) is 15.8. The highest BCUT2D eigenvalue weighted by atomic mass is 35.5. The van der Waals surface area contributed by atoms with Gasteiger partial charge >= 0.3 is 0 Å². The first-order valence-electron chi connectivity index (χ1n) is 8.29. The Morgan fingerprint density at radius 3 is 2.40 bits per heavy atom. The fraction of sp³-hybridized carbons (Fsp3) is 0.182. The summed E-state index contributed by atoms with van der Waals surface area (Å²) in [6, 6.07) is 16.0. The van der Waals surface area contributed by atoms with E-state index in [1.54, 1.807) is 0 Å². The van der Waals surface area contributed by atoms with Gasteiger partial charge in [0.15, 0.2) is 0 Å². The molecule has 0 spiro atoms. The van der Waals surface area contributed by atoms with Crippen molar-refractivity contribution in [2.75, 3.05) is 0 Å². The lowest BCUT2D eigenvalue weighted by Crippen LogP contribution is -2.15. The standard InChI is InChI=1S/C22H25ClN2/c1-15-9-5-7-11-20(15)18(4)25-22(16(2)17(3)24)14-13-19-10-6-8-12-21(19)23/h5-12,14,25H,4,13,24H2,1-3H3/b17-16-,22-14+. The van der Waals surface area contributed by atoms with Crippen molar-refractivity contribution < 1.29 is 0 Å². The molecule has 0 saturated heterocycles. The van der Waals surface area contributed by atoms with Crippen molar-refractivity contribution in [1.82, 2.24) is 5.32 Å². The molecule has 0 aliphatic carbocycles. The van der Waals surface area contributed by atoms with E-state index >= 15 is 0 Å². The third kappa shape index (κ3) is 5.01. The van der Waals surface area contributed by atoms with E-state index < -0.39 is 0 Å². The number of hydrogen-bond donors (Lipinski definition) is 2. The second-order valence-corrected chi connectivity index (χ2v) is 6.55. The quantitative estimate of drug-likeness (QED) is 0.665. The zero-order chi connectivity index (χ0) is 18.4. The first-order chi connectivity index (χ1) is 11.9. The summed E-state index contributed by atoms with van der Waals surface area (Å²) < 4.78 is 0. The molecule has 2 aromatic carbocycles. The highest BCUT2D eigenvalue weighted by Crippen LogP contribution is 2.21. The minimum absolute atomic E-state index is 0.716. The molecule has 0 radical (unpaired) electrons. The Morgan fingerprint density at radius 1 is 1.12 bits per heavy atom. The van der Waals surface area contributed by atoms with Crippen LogP contribution in [0.4, 0.5) is 0 Å². The van der Waals surface area contributed by atoms with Gasteiger partial charge in [-0.05, 0) is 50.0 Å². The molecule has 3 N–H and O–H groups in total. The predicted octanol–water partition coefficient (Wildman–Crippen LogP) is 5.59. The van der Waals surface area contributed by atoms with Crippen LogP contribution in [0.3, 0.4) is 0 Å². The predicted molar refractivity (Wildman–Crippen MR) is 109 cm³/mol. The molecule has 2 rings (SSSR count). The number of aryl methyl sites for hydroxylation is 1. The first kappa shape index (κ1) is 18.9. The molecular weight excluding hydrogens is 328 g/mol. The number of hydrogen-bond acceptors (Lipinski definition) is 2. The van der Waals surface area contributed by atoms with E-state index in [0.717, 1.165) is 38.8 Å². The Morgan fingerprint density at radius 2 is 1.76 bits per heavy atom. The molecule has 0 aliphatic rings. The Bertz CT molecular complexity index is 827. The molecular formula is C22H25ClN2. The number of halogens is 1. The Hall–Kier alpha value is -2.45. The van der Waals surface area contributed by atoms with E-state index in [1.165, 1.54) is 5.56 Å². The lowest BCUT2D eigenvalue weighted by atomic mass is 10.0. The molecule has 0 amide bonds. The van der Waals surface area contributed by atoms with Gasteiger partial charge in [0.05, 0.1) is 0 Å². The molecule has 0 bridgehead atoms. The van der Waals surface area contributed by atoms with Crippen LogP contribution in [0.15, 0.2) is 78.2 Å². The zero-order valence-electron chi connectivity index (χ0n) is 15.1. The average Bonchev–Trinajstić information content (AvgIpc) is 2.59. The molecule has 0 heterocycles. The summed E-state index contributed by atoms with van der Waals surface area (Å²) in [7, 11) is 0. The highest BCUT2D eigenvalue weighted by Gasteiger charge is 2.08. The van der Waals surface area contributed by atoms with Gasteiger partial charge in [-0.3, -0.25) is 0 Å². The minimum Gasteiger partial charge on any atom is -0.402 e. The first-order valence-corrected chi connectivity index (χ1v) is 8.66. The summed E-state index contributed by atoms with van der Waals surface area (Å²) >= 11 is 6.27. The van der Waals surface area contributed by atoms with Crippen molar-refractivity contribution in [3.05, 3.63) is 99.9 Å². The van der Waals surface area contributed by atoms with Gasteiger partial charge in [-0.15, -0.1) is 0 Å². The van der Waals surface area contributed by atoms with Gasteiger partial charge < -0.3 is 11.1 Å². The van der Waals surface area contributed by atoms with Crippen molar-refractivity contribution in [3.63, 3.8) is 0 Å². The number of nitrogens with one attached hydrogen (secondary N) is 1. The summed E-state index contributed by atoms with van der Waals surface area (Å²) in [5.74, 6) is 0. The van der Waals surface area contributed by atoms with E-state index in [0.29, 0.717) is 6.42 Å². The Kier molecular flexibility index (Phi) is 6.49. The van der Waals surface area contributed by atoms with Crippen LogP contribution in [0.5, 0.6) is 0 Å². The lowest BCUT2D eigenvalue weighted by molar-refractivity contribution is 1.03. The summed E-state index contributed by atoms with van der Waals surface area (Å²) in [6.45, 7) is 10.2. The SMILES string of the molecule is C=C(NC(=C/Cc1ccccc1Cl)/C(C)=C(/C)N)c1ccccc1C. The summed E-state index contributed by atoms with van der Waals surface area (Å²) in [4.78, 5) is 0. The number of nitrogens with two attached hydrogens (primary N) is 1. The van der Waals surface area contributed by atoms with E-state index in [1.807, 2.05) is 50.2 Å². The monoisotopic (exact) mass is 352 g/mol. The van der Waals surface area contributed by atoms with Gasteiger partial charge in [-0.25, -0.2) is 0 Å². The maximum Gasteiger partial charge on any atom is 0.0441 e. The molecule has 2 aromatic rings. The van der Waals surface area contributed by atoms with Gasteiger partial charge in [0.25, 0.3) is 0 Å². The average molecular weight is 353 g/mol. The normalized spacial score (nSPS) is 12.6. The second-order valence-electron chi connectivity index (χ2n) is 6.14. The van der Waals surface area contributed by atoms with E-state index in [4.69, 9.17) is 17.3 Å². The van der Waals surface area contributed by atoms with Gasteiger partial charge in [-0.1, -0.05) is 66.7 Å². The van der Waals surface area contributed by atoms with Crippen molar-refractivity contribution in [3.8, 4) is 0 Å². The van der Waals surface area contributed by atoms with Crippen LogP contribution in [0.25, 0.3) is 5.70 Å². The van der Waals surface area contributed by atoms with E-state index in [-0.39, 0.29) is 0 Å². The molecule has 0 fully saturated rings. The molecule has 0 aliphatic heterocycles. The molecule has 0 aromatic heterocycles. The number of allylic oxidation sites excluding steroid dienone is 3. The van der Waals surface area contributed by atoms with Crippen molar-refractivity contribution in [2.45, 2.75) is 27.2 Å². The summed E-state index contributed by atoms with van der Waals surface area (Å²) in [5, 5.41) is 4.20. The fourth-order valence-electron chi connectivity index (χ4n) is 2.53. The maximum absolute atomic E-state index is 6.27. The van der Waals surface area contributed by atoms with Crippen LogP contribution in [0.1, 0.15) is 30.5 Å². The van der Waals surface area contributed by atoms with Crippen LogP contribution in [-0.2, 0) is 6.42 Å². The summed E-state index contributed by atoms with van der Waals surface area (Å²) in [5.41, 5.74) is 12.9. The Labute approximate surface area is 155 Å². The molecule has 0 atom stereocenters. The third-order valence-corrected chi connectivity index (χ3v) is 4.60. The van der Waals surface area contributed by atoms with Crippen LogP contribution < -0.4 is 11.1 Å². The van der Waals surface area contributed by atoms with E-state index in [2.05, 4.69) is 37.0 Å². The fourth-order valence-corrected chi connectivity index (χ4v) is 2.74.